The van der Waals surface area contributed by atoms with Gasteiger partial charge in [0.05, 0.1) is 11.9 Å². The van der Waals surface area contributed by atoms with Gasteiger partial charge in [-0.25, -0.2) is 15.4 Å². The Morgan fingerprint density at radius 2 is 1.68 bits per heavy atom. The lowest BCUT2D eigenvalue weighted by molar-refractivity contribution is -0.132. The maximum absolute atomic E-state index is 13.0. The minimum atomic E-state index is -0.370. The number of nitrogens with one attached hydrogen (secondary N) is 2. The highest BCUT2D eigenvalue weighted by atomic mass is 16.5. The lowest BCUT2D eigenvalue weighted by atomic mass is 10.1. The molecule has 1 saturated heterocycles. The van der Waals surface area contributed by atoms with Gasteiger partial charge in [-0.2, -0.15) is 4.98 Å². The highest BCUT2D eigenvalue weighted by Gasteiger charge is 2.27. The number of carbonyl (C=O) groups excluding carboxylic acids is 3. The van der Waals surface area contributed by atoms with Crippen molar-refractivity contribution in [1.29, 1.82) is 0 Å². The van der Waals surface area contributed by atoms with E-state index in [1.54, 1.807) is 30.7 Å². The number of unbranched alkanes of at least 4 members (excludes halogenated alkanes) is 3. The molecule has 3 amide bonds. The Morgan fingerprint density at radius 1 is 0.955 bits per heavy atom. The molecule has 3 aromatic heterocycles. The molecule has 5 rings (SSSR count). The summed E-state index contributed by atoms with van der Waals surface area (Å²) in [6.45, 7) is 2.81. The van der Waals surface area contributed by atoms with Crippen LogP contribution in [0.3, 0.4) is 0 Å². The fourth-order valence-electron chi connectivity index (χ4n) is 6.10. The molecule has 1 aliphatic carbocycles. The highest BCUT2D eigenvalue weighted by molar-refractivity contribution is 5.98. The van der Waals surface area contributed by atoms with Crippen LogP contribution in [0.1, 0.15) is 80.7 Å². The Kier molecular flexibility index (Phi) is 10.3. The molecule has 13 heteroatoms. The number of hydrogen-bond acceptors (Lipinski definition) is 9. The first-order valence-corrected chi connectivity index (χ1v) is 15.6. The van der Waals surface area contributed by atoms with Crippen LogP contribution in [0, 0.1) is 0 Å². The molecule has 44 heavy (non-hydrogen) atoms. The second-order valence-corrected chi connectivity index (χ2v) is 11.9. The van der Waals surface area contributed by atoms with Gasteiger partial charge in [0.1, 0.15) is 17.2 Å². The predicted octanol–water partition coefficient (Wildman–Crippen LogP) is 3.88. The second kappa shape index (κ2) is 14.5. The molecule has 3 aromatic rings. The molecule has 0 atom stereocenters. The largest absolute Gasteiger partial charge is 0.367 e. The van der Waals surface area contributed by atoms with Crippen LogP contribution in [0.5, 0.6) is 0 Å². The minimum absolute atomic E-state index is 0.0362. The fourth-order valence-corrected chi connectivity index (χ4v) is 6.10. The first-order chi connectivity index (χ1) is 21.3. The normalized spacial score (nSPS) is 15.5. The lowest BCUT2D eigenvalue weighted by Gasteiger charge is -2.36. The summed E-state index contributed by atoms with van der Waals surface area (Å²) in [6, 6.07) is 6.06. The molecular weight excluding hydrogens is 562 g/mol. The van der Waals surface area contributed by atoms with E-state index in [9.17, 15) is 14.4 Å². The molecule has 0 bridgehead atoms. The van der Waals surface area contributed by atoms with Gasteiger partial charge in [0, 0.05) is 70.7 Å². The number of rotatable bonds is 12. The van der Waals surface area contributed by atoms with Crippen molar-refractivity contribution in [2.24, 2.45) is 0 Å². The Labute approximate surface area is 257 Å². The molecular formula is C31H43N9O4. The average Bonchev–Trinajstić information content (AvgIpc) is 3.70. The van der Waals surface area contributed by atoms with Crippen molar-refractivity contribution in [2.45, 2.75) is 70.3 Å². The van der Waals surface area contributed by atoms with E-state index in [1.807, 2.05) is 29.3 Å². The molecule has 3 N–H and O–H groups in total. The SMILES string of the molecule is CN(C)C(=O)c1cc2cnc(Nc3ccc(N4CCN(C(=O)CCCCCCC(=O)NO)CC4)cn3)nc2n1C1CCCC1. The third-order valence-corrected chi connectivity index (χ3v) is 8.55. The number of nitrogens with zero attached hydrogens (tertiary/aromatic N) is 7. The minimum Gasteiger partial charge on any atom is -0.367 e. The summed E-state index contributed by atoms with van der Waals surface area (Å²) in [5.74, 6) is 0.825. The van der Waals surface area contributed by atoms with Crippen LogP contribution in [-0.2, 0) is 9.59 Å². The number of piperazine rings is 1. The lowest BCUT2D eigenvalue weighted by Crippen LogP contribution is -2.48. The number of hydrogen-bond donors (Lipinski definition) is 3. The predicted molar refractivity (Wildman–Crippen MR) is 167 cm³/mol. The monoisotopic (exact) mass is 605 g/mol. The fraction of sp³-hybridized carbons (Fsp3) is 0.548. The Balaban J connectivity index is 1.14. The van der Waals surface area contributed by atoms with E-state index >= 15 is 0 Å². The van der Waals surface area contributed by atoms with E-state index in [0.29, 0.717) is 49.8 Å². The summed E-state index contributed by atoms with van der Waals surface area (Å²) in [5.41, 5.74) is 4.04. The van der Waals surface area contributed by atoms with Crippen LogP contribution in [0.15, 0.2) is 30.6 Å². The molecule has 0 unspecified atom stereocenters. The first kappa shape index (κ1) is 31.2. The average molecular weight is 606 g/mol. The molecule has 2 aliphatic rings. The number of amides is 3. The third-order valence-electron chi connectivity index (χ3n) is 8.55. The Hall–Kier alpha value is -4.26. The van der Waals surface area contributed by atoms with Crippen LogP contribution < -0.4 is 15.7 Å². The van der Waals surface area contributed by atoms with Gasteiger partial charge in [-0.1, -0.05) is 25.7 Å². The van der Waals surface area contributed by atoms with Crippen LogP contribution in [0.25, 0.3) is 11.0 Å². The number of aromatic nitrogens is 4. The molecule has 0 aromatic carbocycles. The van der Waals surface area contributed by atoms with Crippen molar-refractivity contribution >= 4 is 46.2 Å². The van der Waals surface area contributed by atoms with Gasteiger partial charge in [0.25, 0.3) is 5.91 Å². The molecule has 1 aliphatic heterocycles. The maximum Gasteiger partial charge on any atom is 0.270 e. The molecule has 0 radical (unpaired) electrons. The van der Waals surface area contributed by atoms with Crippen molar-refractivity contribution < 1.29 is 19.6 Å². The van der Waals surface area contributed by atoms with E-state index < -0.39 is 0 Å². The Morgan fingerprint density at radius 3 is 2.34 bits per heavy atom. The van der Waals surface area contributed by atoms with E-state index in [-0.39, 0.29) is 23.8 Å². The summed E-state index contributed by atoms with van der Waals surface area (Å²) in [6.07, 6.45) is 12.0. The van der Waals surface area contributed by atoms with E-state index in [1.165, 1.54) is 0 Å². The standard InChI is InChI=1S/C31H43N9O4/c1-37(2)30(43)25-19-22-20-33-31(35-29(22)40(25)23-9-7-8-10-23)34-26-14-13-24(21-32-26)38-15-17-39(18-16-38)28(42)12-6-4-3-5-11-27(41)36-44/h13-14,19-21,23,44H,3-12,15-18H2,1-2H3,(H,36,41)(H,32,33,34,35). The molecule has 2 fully saturated rings. The van der Waals surface area contributed by atoms with Crippen LogP contribution in [-0.4, -0.2) is 92.5 Å². The maximum atomic E-state index is 13.0. The Bertz CT molecular complexity index is 1440. The van der Waals surface area contributed by atoms with Crippen molar-refractivity contribution in [3.63, 3.8) is 0 Å². The van der Waals surface area contributed by atoms with Crippen molar-refractivity contribution in [3.05, 3.63) is 36.3 Å². The van der Waals surface area contributed by atoms with Gasteiger partial charge in [0.2, 0.25) is 17.8 Å². The summed E-state index contributed by atoms with van der Waals surface area (Å²) in [7, 11) is 3.54. The van der Waals surface area contributed by atoms with Crippen molar-refractivity contribution in [2.75, 3.05) is 50.5 Å². The summed E-state index contributed by atoms with van der Waals surface area (Å²) in [5, 5.41) is 12.6. The molecule has 236 valence electrons. The number of pyridine rings is 1. The van der Waals surface area contributed by atoms with E-state index in [2.05, 4.69) is 24.8 Å². The van der Waals surface area contributed by atoms with Gasteiger partial charge < -0.3 is 24.6 Å². The summed E-state index contributed by atoms with van der Waals surface area (Å²) >= 11 is 0. The van der Waals surface area contributed by atoms with Gasteiger partial charge >= 0.3 is 0 Å². The van der Waals surface area contributed by atoms with Gasteiger partial charge in [0.15, 0.2) is 0 Å². The zero-order chi connectivity index (χ0) is 31.1. The third kappa shape index (κ3) is 7.44. The smallest absolute Gasteiger partial charge is 0.270 e. The summed E-state index contributed by atoms with van der Waals surface area (Å²) in [4.78, 5) is 56.3. The topological polar surface area (TPSA) is 149 Å². The van der Waals surface area contributed by atoms with E-state index in [4.69, 9.17) is 10.2 Å². The molecule has 13 nitrogen and oxygen atoms in total. The van der Waals surface area contributed by atoms with Crippen LogP contribution >= 0.6 is 0 Å². The second-order valence-electron chi connectivity index (χ2n) is 11.9. The van der Waals surface area contributed by atoms with Crippen molar-refractivity contribution in [3.8, 4) is 0 Å². The van der Waals surface area contributed by atoms with Crippen molar-refractivity contribution in [1.82, 2.24) is 34.8 Å². The van der Waals surface area contributed by atoms with E-state index in [0.717, 1.165) is 74.8 Å². The number of fused-ring (bicyclic) bond motifs is 1. The zero-order valence-corrected chi connectivity index (χ0v) is 25.7. The number of anilines is 3. The first-order valence-electron chi connectivity index (χ1n) is 15.6. The van der Waals surface area contributed by atoms with Gasteiger partial charge in [-0.15, -0.1) is 0 Å². The van der Waals surface area contributed by atoms with Gasteiger partial charge in [-0.3, -0.25) is 19.6 Å². The zero-order valence-electron chi connectivity index (χ0n) is 25.7. The number of carbonyl (C=O) groups is 3. The molecule has 0 spiro atoms. The quantitative estimate of drug-likeness (QED) is 0.159. The molecule has 1 saturated carbocycles. The number of hydroxylamine groups is 1. The summed E-state index contributed by atoms with van der Waals surface area (Å²) < 4.78 is 2.10. The van der Waals surface area contributed by atoms with Crippen LogP contribution in [0.4, 0.5) is 17.5 Å². The van der Waals surface area contributed by atoms with Crippen LogP contribution in [0.2, 0.25) is 0 Å². The van der Waals surface area contributed by atoms with Gasteiger partial charge in [-0.05, 0) is 43.9 Å². The highest BCUT2D eigenvalue weighted by Crippen LogP contribution is 2.35. The molecule has 4 heterocycles.